The summed E-state index contributed by atoms with van der Waals surface area (Å²) in [6.45, 7) is 15.1. The molecule has 240 valence electrons. The number of nitrogens with one attached hydrogen (secondary N) is 3. The van der Waals surface area contributed by atoms with Gasteiger partial charge in [0.25, 0.3) is 17.7 Å². The van der Waals surface area contributed by atoms with Crippen molar-refractivity contribution in [2.24, 2.45) is 10.2 Å². The number of azo groups is 1. The summed E-state index contributed by atoms with van der Waals surface area (Å²) in [7, 11) is 0. The normalized spacial score (nSPS) is 11.2. The van der Waals surface area contributed by atoms with Gasteiger partial charge >= 0.3 is 0 Å². The van der Waals surface area contributed by atoms with Crippen molar-refractivity contribution in [3.8, 4) is 0 Å². The maximum atomic E-state index is 13.2. The van der Waals surface area contributed by atoms with Crippen molar-refractivity contribution in [2.45, 2.75) is 40.5 Å². The second-order valence-electron chi connectivity index (χ2n) is 10.6. The zero-order chi connectivity index (χ0) is 32.4. The summed E-state index contributed by atoms with van der Waals surface area (Å²) in [5.41, 5.74) is 2.71. The number of nitrogens with zero attached hydrogens (tertiary/aromatic N) is 4. The Morgan fingerprint density at radius 3 is 1.51 bits per heavy atom. The van der Waals surface area contributed by atoms with Crippen LogP contribution in [0.25, 0.3) is 0 Å². The average molecular weight is 614 g/mol. The van der Waals surface area contributed by atoms with Crippen LogP contribution in [-0.4, -0.2) is 79.9 Å². The topological polar surface area (TPSA) is 119 Å². The number of hydrogen-bond donors (Lipinski definition) is 3. The summed E-state index contributed by atoms with van der Waals surface area (Å²) >= 11 is 0. The van der Waals surface area contributed by atoms with Gasteiger partial charge in [0.05, 0.1) is 11.4 Å². The van der Waals surface area contributed by atoms with E-state index in [1.165, 1.54) is 0 Å². The molecule has 0 aliphatic rings. The first-order chi connectivity index (χ1) is 21.9. The van der Waals surface area contributed by atoms with E-state index in [9.17, 15) is 14.4 Å². The van der Waals surface area contributed by atoms with E-state index >= 15 is 0 Å². The lowest BCUT2D eigenvalue weighted by molar-refractivity contribution is 0.0949. The minimum absolute atomic E-state index is 0.297. The molecule has 0 atom stereocenters. The molecule has 3 aromatic carbocycles. The van der Waals surface area contributed by atoms with Gasteiger partial charge in [0.15, 0.2) is 0 Å². The summed E-state index contributed by atoms with van der Waals surface area (Å²) in [6.07, 6.45) is 1.62. The number of carbonyl (C=O) groups excluding carboxylic acids is 3. The SMILES string of the molecule is CCN(CC)CCCNC(=O)c1cc(NC(=O)c2ccc(/N=N/c3ccccc3)cc2)cc(C(=O)NCCCN(CC)CC)c1. The van der Waals surface area contributed by atoms with E-state index in [1.807, 2.05) is 30.3 Å². The lowest BCUT2D eigenvalue weighted by Gasteiger charge is -2.18. The molecule has 0 aromatic heterocycles. The molecule has 3 amide bonds. The van der Waals surface area contributed by atoms with Crippen LogP contribution in [0.5, 0.6) is 0 Å². The highest BCUT2D eigenvalue weighted by Gasteiger charge is 2.15. The van der Waals surface area contributed by atoms with Crippen LogP contribution in [0.1, 0.15) is 71.6 Å². The molecule has 0 heterocycles. The van der Waals surface area contributed by atoms with Gasteiger partial charge in [-0.25, -0.2) is 0 Å². The predicted octanol–water partition coefficient (Wildman–Crippen LogP) is 6.28. The highest BCUT2D eigenvalue weighted by molar-refractivity contribution is 6.07. The quantitative estimate of drug-likeness (QED) is 0.115. The van der Waals surface area contributed by atoms with Crippen LogP contribution in [0.2, 0.25) is 0 Å². The van der Waals surface area contributed by atoms with Gasteiger partial charge in [-0.2, -0.15) is 10.2 Å². The first-order valence-corrected chi connectivity index (χ1v) is 15.9. The molecule has 0 saturated heterocycles. The van der Waals surface area contributed by atoms with Crippen molar-refractivity contribution >= 4 is 34.8 Å². The highest BCUT2D eigenvalue weighted by atomic mass is 16.2. The maximum absolute atomic E-state index is 13.2. The van der Waals surface area contributed by atoms with Crippen molar-refractivity contribution in [3.05, 3.63) is 89.5 Å². The Hall–Kier alpha value is -4.41. The second-order valence-corrected chi connectivity index (χ2v) is 10.6. The number of benzene rings is 3. The fourth-order valence-electron chi connectivity index (χ4n) is 4.75. The number of hydrogen-bond acceptors (Lipinski definition) is 7. The number of rotatable bonds is 18. The van der Waals surface area contributed by atoms with Crippen molar-refractivity contribution in [2.75, 3.05) is 57.7 Å². The van der Waals surface area contributed by atoms with Gasteiger partial charge in [0.2, 0.25) is 0 Å². The van der Waals surface area contributed by atoms with E-state index in [1.54, 1.807) is 42.5 Å². The standard InChI is InChI=1S/C35H47N7O3/c1-5-41(6-2)22-12-20-36-33(43)28-24-29(34(44)37-21-13-23-42(7-3)8-4)26-32(25-28)38-35(45)27-16-18-31(19-17-27)40-39-30-14-10-9-11-15-30/h9-11,14-19,24-26H,5-8,12-13,20-23H2,1-4H3,(H,36,43)(H,37,44)(H,38,45)/b40-39+. The molecule has 45 heavy (non-hydrogen) atoms. The van der Waals surface area contributed by atoms with Crippen LogP contribution in [0, 0.1) is 0 Å². The van der Waals surface area contributed by atoms with E-state index < -0.39 is 0 Å². The third-order valence-corrected chi connectivity index (χ3v) is 7.54. The van der Waals surface area contributed by atoms with Crippen LogP contribution in [0.4, 0.5) is 17.1 Å². The van der Waals surface area contributed by atoms with Crippen molar-refractivity contribution in [1.82, 2.24) is 20.4 Å². The van der Waals surface area contributed by atoms with Crippen LogP contribution in [0.15, 0.2) is 83.0 Å². The fraction of sp³-hybridized carbons (Fsp3) is 0.400. The van der Waals surface area contributed by atoms with Crippen LogP contribution in [0.3, 0.4) is 0 Å². The largest absolute Gasteiger partial charge is 0.352 e. The van der Waals surface area contributed by atoms with Gasteiger partial charge in [-0.15, -0.1) is 0 Å². The molecule has 10 nitrogen and oxygen atoms in total. The Labute approximate surface area is 267 Å². The molecule has 3 rings (SSSR count). The van der Waals surface area contributed by atoms with Gasteiger partial charge in [0, 0.05) is 35.5 Å². The molecule has 0 bridgehead atoms. The molecule has 0 spiro atoms. The summed E-state index contributed by atoms with van der Waals surface area (Å²) in [5.74, 6) is -0.965. The predicted molar refractivity (Wildman–Crippen MR) is 181 cm³/mol. The Balaban J connectivity index is 1.71. The fourth-order valence-corrected chi connectivity index (χ4v) is 4.75. The number of amides is 3. The van der Waals surface area contributed by atoms with Crippen LogP contribution >= 0.6 is 0 Å². The van der Waals surface area contributed by atoms with E-state index in [0.29, 0.717) is 41.2 Å². The minimum atomic E-state index is -0.371. The smallest absolute Gasteiger partial charge is 0.255 e. The number of carbonyl (C=O) groups is 3. The Morgan fingerprint density at radius 1 is 0.578 bits per heavy atom. The third-order valence-electron chi connectivity index (χ3n) is 7.54. The van der Waals surface area contributed by atoms with Crippen LogP contribution in [-0.2, 0) is 0 Å². The van der Waals surface area contributed by atoms with Crippen molar-refractivity contribution in [1.29, 1.82) is 0 Å². The molecule has 0 aliphatic heterocycles. The molecule has 10 heteroatoms. The van der Waals surface area contributed by atoms with Gasteiger partial charge in [-0.05, 0) is 107 Å². The molecule has 0 unspecified atom stereocenters. The lowest BCUT2D eigenvalue weighted by Crippen LogP contribution is -2.31. The monoisotopic (exact) mass is 613 g/mol. The van der Waals surface area contributed by atoms with Crippen molar-refractivity contribution in [3.63, 3.8) is 0 Å². The molecule has 0 fully saturated rings. The molecule has 0 saturated carbocycles. The van der Waals surface area contributed by atoms with Crippen molar-refractivity contribution < 1.29 is 14.4 Å². The highest BCUT2D eigenvalue weighted by Crippen LogP contribution is 2.20. The van der Waals surface area contributed by atoms with Gasteiger partial charge in [-0.3, -0.25) is 14.4 Å². The molecular weight excluding hydrogens is 566 g/mol. The second kappa shape index (κ2) is 19.1. The van der Waals surface area contributed by atoms with E-state index in [4.69, 9.17) is 0 Å². The Kier molecular flexibility index (Phi) is 14.9. The van der Waals surface area contributed by atoms with Crippen LogP contribution < -0.4 is 16.0 Å². The maximum Gasteiger partial charge on any atom is 0.255 e. The molecule has 3 N–H and O–H groups in total. The first kappa shape index (κ1) is 35.1. The zero-order valence-electron chi connectivity index (χ0n) is 27.0. The summed E-state index contributed by atoms with van der Waals surface area (Å²) in [6, 6.07) is 20.9. The third kappa shape index (κ3) is 11.9. The molecule has 3 aromatic rings. The molecule has 0 aliphatic carbocycles. The summed E-state index contributed by atoms with van der Waals surface area (Å²) < 4.78 is 0. The summed E-state index contributed by atoms with van der Waals surface area (Å²) in [4.78, 5) is 44.0. The zero-order valence-corrected chi connectivity index (χ0v) is 27.0. The minimum Gasteiger partial charge on any atom is -0.352 e. The lowest BCUT2D eigenvalue weighted by atomic mass is 10.1. The van der Waals surface area contributed by atoms with E-state index in [0.717, 1.165) is 57.8 Å². The first-order valence-electron chi connectivity index (χ1n) is 15.9. The van der Waals surface area contributed by atoms with Gasteiger partial charge < -0.3 is 25.8 Å². The van der Waals surface area contributed by atoms with Gasteiger partial charge in [0.1, 0.15) is 0 Å². The molecule has 0 radical (unpaired) electrons. The van der Waals surface area contributed by atoms with E-state index in [2.05, 4.69) is 63.7 Å². The number of anilines is 1. The Morgan fingerprint density at radius 2 is 1.04 bits per heavy atom. The van der Waals surface area contributed by atoms with E-state index in [-0.39, 0.29) is 17.7 Å². The van der Waals surface area contributed by atoms with Gasteiger partial charge in [-0.1, -0.05) is 45.9 Å². The summed E-state index contributed by atoms with van der Waals surface area (Å²) in [5, 5.41) is 17.2. The average Bonchev–Trinajstić information content (AvgIpc) is 3.07. The Bertz CT molecular complexity index is 1340. The molecular formula is C35H47N7O3.